The fourth-order valence-corrected chi connectivity index (χ4v) is 2.90. The van der Waals surface area contributed by atoms with Crippen LogP contribution >= 0.6 is 11.6 Å². The summed E-state index contributed by atoms with van der Waals surface area (Å²) >= 11 is 5.96. The van der Waals surface area contributed by atoms with Crippen molar-refractivity contribution in [3.05, 3.63) is 47.4 Å². The summed E-state index contributed by atoms with van der Waals surface area (Å²) in [4.78, 5) is 3.53. The molecule has 2 rings (SSSR count). The number of ether oxygens (including phenoxy) is 1. The Hall–Kier alpha value is -1.86. The predicted molar refractivity (Wildman–Crippen MR) is 77.6 cm³/mol. The molecule has 5 nitrogen and oxygen atoms in total. The van der Waals surface area contributed by atoms with Crippen molar-refractivity contribution in [2.75, 3.05) is 11.3 Å². The van der Waals surface area contributed by atoms with Crippen molar-refractivity contribution >= 4 is 27.3 Å². The predicted octanol–water partition coefficient (Wildman–Crippen LogP) is 3.07. The number of anilines is 1. The number of rotatable bonds is 5. The van der Waals surface area contributed by atoms with Crippen molar-refractivity contribution in [3.63, 3.8) is 0 Å². The third-order valence-electron chi connectivity index (χ3n) is 2.46. The zero-order valence-corrected chi connectivity index (χ0v) is 12.6. The molecule has 0 saturated heterocycles. The number of nitrogens with zero attached hydrogens (tertiary/aromatic N) is 1. The normalized spacial score (nSPS) is 11.2. The monoisotopic (exact) mass is 330 g/mol. The average molecular weight is 331 g/mol. The number of hydrogen-bond acceptors (Lipinski definition) is 4. The maximum absolute atomic E-state index is 13.5. The minimum Gasteiger partial charge on any atom is -0.492 e. The highest BCUT2D eigenvalue weighted by Crippen LogP contribution is 2.28. The smallest absolute Gasteiger partial charge is 0.282 e. The molecule has 112 valence electrons. The van der Waals surface area contributed by atoms with Gasteiger partial charge in [0.2, 0.25) is 5.03 Å². The van der Waals surface area contributed by atoms with E-state index in [4.69, 9.17) is 16.3 Å². The van der Waals surface area contributed by atoms with Crippen LogP contribution in [0.25, 0.3) is 0 Å². The molecule has 0 saturated carbocycles. The van der Waals surface area contributed by atoms with Crippen LogP contribution in [0.1, 0.15) is 6.92 Å². The zero-order chi connectivity index (χ0) is 15.5. The van der Waals surface area contributed by atoms with Crippen molar-refractivity contribution in [2.24, 2.45) is 0 Å². The molecule has 2 aromatic rings. The molecule has 1 N–H and O–H groups in total. The standard InChI is InChI=1S/C13H12ClFN2O3S/c1-2-20-12-6-5-9(8-10(12)14)17-21(18,19)13-11(15)4-3-7-16-13/h3-8,17H,2H2,1H3. The molecule has 8 heteroatoms. The van der Waals surface area contributed by atoms with Gasteiger partial charge in [-0.2, -0.15) is 8.42 Å². The van der Waals surface area contributed by atoms with E-state index in [1.807, 2.05) is 0 Å². The summed E-state index contributed by atoms with van der Waals surface area (Å²) in [6, 6.07) is 6.70. The number of aromatic nitrogens is 1. The molecule has 0 aliphatic rings. The van der Waals surface area contributed by atoms with Gasteiger partial charge in [-0.05, 0) is 37.3 Å². The van der Waals surface area contributed by atoms with Crippen LogP contribution in [0.2, 0.25) is 5.02 Å². The molecule has 0 fully saturated rings. The van der Waals surface area contributed by atoms with Crippen molar-refractivity contribution in [2.45, 2.75) is 11.9 Å². The Kier molecular flexibility index (Phi) is 4.64. The number of halogens is 2. The molecule has 0 radical (unpaired) electrons. The maximum atomic E-state index is 13.5. The Morgan fingerprint density at radius 1 is 1.38 bits per heavy atom. The Labute approximate surface area is 126 Å². The first kappa shape index (κ1) is 15.5. The van der Waals surface area contributed by atoms with Gasteiger partial charge >= 0.3 is 0 Å². The van der Waals surface area contributed by atoms with Gasteiger partial charge in [0.05, 0.1) is 17.3 Å². The minimum absolute atomic E-state index is 0.188. The van der Waals surface area contributed by atoms with Crippen molar-refractivity contribution in [3.8, 4) is 5.75 Å². The van der Waals surface area contributed by atoms with Gasteiger partial charge in [0.1, 0.15) is 5.75 Å². The number of benzene rings is 1. The van der Waals surface area contributed by atoms with Crippen LogP contribution in [0.4, 0.5) is 10.1 Å². The quantitative estimate of drug-likeness (QED) is 0.914. The van der Waals surface area contributed by atoms with Gasteiger partial charge in [0, 0.05) is 6.20 Å². The average Bonchev–Trinajstić information content (AvgIpc) is 2.42. The van der Waals surface area contributed by atoms with E-state index in [1.54, 1.807) is 6.92 Å². The summed E-state index contributed by atoms with van der Waals surface area (Å²) in [6.45, 7) is 2.24. The lowest BCUT2D eigenvalue weighted by molar-refractivity contribution is 0.340. The van der Waals surface area contributed by atoms with Gasteiger partial charge in [-0.3, -0.25) is 4.72 Å². The van der Waals surface area contributed by atoms with Gasteiger partial charge < -0.3 is 4.74 Å². The van der Waals surface area contributed by atoms with Gasteiger partial charge in [-0.25, -0.2) is 9.37 Å². The van der Waals surface area contributed by atoms with Gasteiger partial charge in [0.15, 0.2) is 5.82 Å². The van der Waals surface area contributed by atoms with E-state index < -0.39 is 20.9 Å². The summed E-state index contributed by atoms with van der Waals surface area (Å²) < 4.78 is 45.1. The maximum Gasteiger partial charge on any atom is 0.282 e. The van der Waals surface area contributed by atoms with Crippen LogP contribution in [0.15, 0.2) is 41.6 Å². The summed E-state index contributed by atoms with van der Waals surface area (Å²) in [5.74, 6) is -0.492. The largest absolute Gasteiger partial charge is 0.492 e. The van der Waals surface area contributed by atoms with Crippen LogP contribution in [-0.2, 0) is 10.0 Å². The summed E-state index contributed by atoms with van der Waals surface area (Å²) in [7, 11) is -4.12. The van der Waals surface area contributed by atoms with Crippen LogP contribution in [0.3, 0.4) is 0 Å². The van der Waals surface area contributed by atoms with E-state index in [2.05, 4.69) is 9.71 Å². The molecule has 0 amide bonds. The summed E-state index contributed by atoms with van der Waals surface area (Å²) in [5, 5.41) is -0.423. The van der Waals surface area contributed by atoms with E-state index in [1.165, 1.54) is 30.5 Å². The molecular formula is C13H12ClFN2O3S. The molecule has 0 spiro atoms. The van der Waals surface area contributed by atoms with Crippen LogP contribution < -0.4 is 9.46 Å². The molecule has 1 heterocycles. The molecule has 0 aliphatic heterocycles. The highest BCUT2D eigenvalue weighted by Gasteiger charge is 2.20. The van der Waals surface area contributed by atoms with Crippen molar-refractivity contribution in [1.29, 1.82) is 0 Å². The SMILES string of the molecule is CCOc1ccc(NS(=O)(=O)c2ncccc2F)cc1Cl. The molecule has 0 unspecified atom stereocenters. The van der Waals surface area contributed by atoms with Gasteiger partial charge in [-0.1, -0.05) is 11.6 Å². The van der Waals surface area contributed by atoms with E-state index in [0.29, 0.717) is 12.4 Å². The molecule has 0 bridgehead atoms. The number of nitrogens with one attached hydrogen (secondary N) is 1. The first-order chi connectivity index (χ1) is 9.94. The second-order valence-corrected chi connectivity index (χ2v) is 5.98. The Balaban J connectivity index is 2.29. The second kappa shape index (κ2) is 6.28. The zero-order valence-electron chi connectivity index (χ0n) is 11.0. The second-order valence-electron chi connectivity index (χ2n) is 3.97. The summed E-state index contributed by atoms with van der Waals surface area (Å²) in [6.07, 6.45) is 1.20. The molecular weight excluding hydrogens is 319 g/mol. The Bertz CT molecular complexity index is 753. The topological polar surface area (TPSA) is 68.3 Å². The highest BCUT2D eigenvalue weighted by molar-refractivity contribution is 7.92. The third kappa shape index (κ3) is 3.62. The number of sulfonamides is 1. The molecule has 0 aliphatic carbocycles. The Morgan fingerprint density at radius 2 is 2.14 bits per heavy atom. The van der Waals surface area contributed by atoms with E-state index in [0.717, 1.165) is 6.07 Å². The lowest BCUT2D eigenvalue weighted by Crippen LogP contribution is -2.16. The van der Waals surface area contributed by atoms with Crippen molar-refractivity contribution < 1.29 is 17.5 Å². The molecule has 1 aromatic heterocycles. The van der Waals surface area contributed by atoms with Gasteiger partial charge in [-0.15, -0.1) is 0 Å². The van der Waals surface area contributed by atoms with E-state index >= 15 is 0 Å². The Morgan fingerprint density at radius 3 is 2.76 bits per heavy atom. The van der Waals surface area contributed by atoms with Crippen LogP contribution in [-0.4, -0.2) is 20.0 Å². The van der Waals surface area contributed by atoms with Crippen molar-refractivity contribution in [1.82, 2.24) is 4.98 Å². The van der Waals surface area contributed by atoms with E-state index in [-0.39, 0.29) is 10.7 Å². The lowest BCUT2D eigenvalue weighted by Gasteiger charge is -2.10. The minimum atomic E-state index is -4.12. The number of hydrogen-bond donors (Lipinski definition) is 1. The van der Waals surface area contributed by atoms with Crippen LogP contribution in [0, 0.1) is 5.82 Å². The number of pyridine rings is 1. The van der Waals surface area contributed by atoms with Gasteiger partial charge in [0.25, 0.3) is 10.0 Å². The highest BCUT2D eigenvalue weighted by atomic mass is 35.5. The molecule has 1 aromatic carbocycles. The lowest BCUT2D eigenvalue weighted by atomic mass is 10.3. The fourth-order valence-electron chi connectivity index (χ4n) is 1.61. The summed E-state index contributed by atoms with van der Waals surface area (Å²) in [5.41, 5.74) is 0.188. The third-order valence-corrected chi connectivity index (χ3v) is 4.07. The van der Waals surface area contributed by atoms with Crippen LogP contribution in [0.5, 0.6) is 5.75 Å². The van der Waals surface area contributed by atoms with E-state index in [9.17, 15) is 12.8 Å². The first-order valence-corrected chi connectivity index (χ1v) is 7.86. The molecule has 21 heavy (non-hydrogen) atoms. The first-order valence-electron chi connectivity index (χ1n) is 5.99. The fraction of sp³-hybridized carbons (Fsp3) is 0.154. The molecule has 0 atom stereocenters.